The molecule has 2 aromatic rings. The van der Waals surface area contributed by atoms with Crippen LogP contribution in [0.1, 0.15) is 36.2 Å². The second-order valence-electron chi connectivity index (χ2n) is 7.29. The Kier molecular flexibility index (Phi) is 5.86. The fraction of sp³-hybridized carbons (Fsp3) is 0.381. The number of aliphatic hydroxyl groups is 2. The third-order valence-electron chi connectivity index (χ3n) is 5.16. The van der Waals surface area contributed by atoms with Crippen LogP contribution in [0.4, 0.5) is 0 Å². The lowest BCUT2D eigenvalue weighted by atomic mass is 9.99. The number of fused-ring (bicyclic) bond motifs is 3. The van der Waals surface area contributed by atoms with Gasteiger partial charge in [-0.25, -0.2) is 9.78 Å². The molecule has 0 bridgehead atoms. The number of phenolic OH excluding ortho intramolecular Hbond substituents is 1. The summed E-state index contributed by atoms with van der Waals surface area (Å²) in [7, 11) is 1.76. The number of phenols is 1. The first-order valence-electron chi connectivity index (χ1n) is 9.33. The number of carbonyl (C=O) groups excluding carboxylic acids is 2. The topological polar surface area (TPSA) is 122 Å². The van der Waals surface area contributed by atoms with E-state index in [9.17, 15) is 24.9 Å². The number of imidazole rings is 1. The highest BCUT2D eigenvalue weighted by Crippen LogP contribution is 2.32. The third kappa shape index (κ3) is 4.08. The summed E-state index contributed by atoms with van der Waals surface area (Å²) >= 11 is 0. The molecule has 0 amide bonds. The number of nitrogens with zero attached hydrogens (tertiary/aromatic N) is 2. The number of ether oxygens (including phenoxy) is 1. The van der Waals surface area contributed by atoms with Gasteiger partial charge in [-0.05, 0) is 19.4 Å². The Labute approximate surface area is 167 Å². The summed E-state index contributed by atoms with van der Waals surface area (Å²) in [6.07, 6.45) is 3.78. The van der Waals surface area contributed by atoms with Gasteiger partial charge in [0.2, 0.25) is 0 Å². The molecular formula is C21H24N2O6. The standard InChI is InChI=1S/C21H24N2O6/c1-11-7-8-16(25)20(27)15(24)6-4-5-13-18(21(28)29-12(11)2)17(26)9-14-19(13)22-10-23(14)3/h4-5,7-12,15,20,24,26-27H,6H2,1-3H3/b5-4+,8-7-/t11-,12+,15+,20+/m1/s1. The zero-order valence-electron chi connectivity index (χ0n) is 16.4. The Balaban J connectivity index is 2.15. The number of aryl methyl sites for hydroxylation is 1. The molecule has 3 N–H and O–H groups in total. The van der Waals surface area contributed by atoms with Gasteiger partial charge >= 0.3 is 5.97 Å². The Morgan fingerprint density at radius 1 is 1.21 bits per heavy atom. The number of hydrogen-bond acceptors (Lipinski definition) is 7. The van der Waals surface area contributed by atoms with Crippen LogP contribution in [0.5, 0.6) is 5.75 Å². The number of esters is 1. The van der Waals surface area contributed by atoms with Gasteiger partial charge in [0.1, 0.15) is 23.5 Å². The van der Waals surface area contributed by atoms with Gasteiger partial charge in [0.05, 0.1) is 23.5 Å². The number of benzene rings is 1. The first-order valence-corrected chi connectivity index (χ1v) is 9.33. The van der Waals surface area contributed by atoms with Gasteiger partial charge in [-0.15, -0.1) is 0 Å². The van der Waals surface area contributed by atoms with Crippen LogP contribution >= 0.6 is 0 Å². The van der Waals surface area contributed by atoms with Gasteiger partial charge < -0.3 is 24.6 Å². The maximum absolute atomic E-state index is 12.9. The molecule has 3 rings (SSSR count). The highest BCUT2D eigenvalue weighted by Gasteiger charge is 2.26. The normalized spacial score (nSPS) is 28.4. The van der Waals surface area contributed by atoms with Crippen molar-refractivity contribution in [2.45, 2.75) is 38.6 Å². The van der Waals surface area contributed by atoms with Crippen LogP contribution in [0.2, 0.25) is 0 Å². The van der Waals surface area contributed by atoms with E-state index in [0.29, 0.717) is 16.6 Å². The van der Waals surface area contributed by atoms with Gasteiger partial charge in [-0.2, -0.15) is 0 Å². The first kappa shape index (κ1) is 20.8. The minimum atomic E-state index is -1.57. The molecular weight excluding hydrogens is 376 g/mol. The Morgan fingerprint density at radius 2 is 1.93 bits per heavy atom. The van der Waals surface area contributed by atoms with Crippen LogP contribution in [-0.4, -0.2) is 54.9 Å². The van der Waals surface area contributed by atoms with E-state index in [1.807, 2.05) is 0 Å². The zero-order chi connectivity index (χ0) is 21.3. The Morgan fingerprint density at radius 3 is 2.66 bits per heavy atom. The van der Waals surface area contributed by atoms with Crippen molar-refractivity contribution in [2.24, 2.45) is 13.0 Å². The highest BCUT2D eigenvalue weighted by molar-refractivity contribution is 6.03. The predicted octanol–water partition coefficient (Wildman–Crippen LogP) is 1.72. The molecule has 0 saturated carbocycles. The van der Waals surface area contributed by atoms with Crippen molar-refractivity contribution in [1.82, 2.24) is 9.55 Å². The minimum absolute atomic E-state index is 0.0290. The maximum Gasteiger partial charge on any atom is 0.342 e. The van der Waals surface area contributed by atoms with Gasteiger partial charge in [0, 0.05) is 24.6 Å². The molecule has 2 heterocycles. The summed E-state index contributed by atoms with van der Waals surface area (Å²) in [5, 5.41) is 30.7. The number of rotatable bonds is 0. The molecule has 1 aromatic carbocycles. The van der Waals surface area contributed by atoms with Crippen LogP contribution in [0.25, 0.3) is 17.1 Å². The lowest BCUT2D eigenvalue weighted by Gasteiger charge is -2.20. The van der Waals surface area contributed by atoms with Crippen molar-refractivity contribution in [3.8, 4) is 5.75 Å². The fourth-order valence-electron chi connectivity index (χ4n) is 3.13. The van der Waals surface area contributed by atoms with Gasteiger partial charge in [0.25, 0.3) is 0 Å². The van der Waals surface area contributed by atoms with E-state index < -0.39 is 30.1 Å². The number of cyclic esters (lactones) is 1. The minimum Gasteiger partial charge on any atom is -0.507 e. The van der Waals surface area contributed by atoms with Gasteiger partial charge in [-0.1, -0.05) is 25.2 Å². The molecule has 154 valence electrons. The van der Waals surface area contributed by atoms with Crippen LogP contribution < -0.4 is 0 Å². The summed E-state index contributed by atoms with van der Waals surface area (Å²) < 4.78 is 7.21. The summed E-state index contributed by atoms with van der Waals surface area (Å²) in [6.45, 7) is 3.42. The molecule has 1 aliphatic heterocycles. The molecule has 4 atom stereocenters. The van der Waals surface area contributed by atoms with Crippen molar-refractivity contribution in [3.63, 3.8) is 0 Å². The number of ketones is 1. The largest absolute Gasteiger partial charge is 0.507 e. The quantitative estimate of drug-likeness (QED) is 0.576. The molecule has 0 spiro atoms. The molecule has 0 saturated heterocycles. The van der Waals surface area contributed by atoms with Crippen LogP contribution in [-0.2, 0) is 16.6 Å². The number of aliphatic hydroxyl groups excluding tert-OH is 2. The second-order valence-corrected chi connectivity index (χ2v) is 7.29. The van der Waals surface area contributed by atoms with Crippen LogP contribution in [0, 0.1) is 5.92 Å². The summed E-state index contributed by atoms with van der Waals surface area (Å²) in [4.78, 5) is 29.2. The van der Waals surface area contributed by atoms with Crippen molar-refractivity contribution in [2.75, 3.05) is 0 Å². The van der Waals surface area contributed by atoms with Crippen molar-refractivity contribution < 1.29 is 29.6 Å². The summed E-state index contributed by atoms with van der Waals surface area (Å²) in [6, 6.07) is 1.45. The average molecular weight is 400 g/mol. The van der Waals surface area contributed by atoms with Crippen LogP contribution in [0.3, 0.4) is 0 Å². The molecule has 0 aliphatic carbocycles. The monoisotopic (exact) mass is 400 g/mol. The number of aromatic hydroxyl groups is 1. The fourth-order valence-corrected chi connectivity index (χ4v) is 3.13. The molecule has 29 heavy (non-hydrogen) atoms. The molecule has 0 radical (unpaired) electrons. The van der Waals surface area contributed by atoms with E-state index in [1.165, 1.54) is 30.4 Å². The van der Waals surface area contributed by atoms with E-state index in [-0.39, 0.29) is 23.7 Å². The second kappa shape index (κ2) is 8.18. The van der Waals surface area contributed by atoms with E-state index in [2.05, 4.69) is 4.98 Å². The molecule has 1 aromatic heterocycles. The number of hydrogen-bond donors (Lipinski definition) is 3. The maximum atomic E-state index is 12.9. The molecule has 8 nitrogen and oxygen atoms in total. The Hall–Kier alpha value is -2.97. The summed E-state index contributed by atoms with van der Waals surface area (Å²) in [5.41, 5.74) is 1.40. The molecule has 1 aliphatic rings. The van der Waals surface area contributed by atoms with Crippen molar-refractivity contribution in [1.29, 1.82) is 0 Å². The summed E-state index contributed by atoms with van der Waals surface area (Å²) in [5.74, 6) is -1.93. The van der Waals surface area contributed by atoms with Crippen molar-refractivity contribution >= 4 is 28.9 Å². The van der Waals surface area contributed by atoms with Gasteiger partial charge in [0.15, 0.2) is 5.78 Å². The number of aromatic nitrogens is 2. The number of carbonyl (C=O) groups is 2. The van der Waals surface area contributed by atoms with E-state index in [1.54, 1.807) is 31.8 Å². The van der Waals surface area contributed by atoms with Crippen LogP contribution in [0.15, 0.2) is 30.6 Å². The zero-order valence-corrected chi connectivity index (χ0v) is 16.4. The van der Waals surface area contributed by atoms with E-state index in [0.717, 1.165) is 0 Å². The lowest BCUT2D eigenvalue weighted by molar-refractivity contribution is -0.127. The third-order valence-corrected chi connectivity index (χ3v) is 5.16. The molecule has 8 heteroatoms. The lowest BCUT2D eigenvalue weighted by Crippen LogP contribution is -2.32. The molecule has 0 fully saturated rings. The smallest absolute Gasteiger partial charge is 0.342 e. The Bertz CT molecular complexity index is 1010. The van der Waals surface area contributed by atoms with Crippen molar-refractivity contribution in [3.05, 3.63) is 41.7 Å². The SMILES string of the molecule is C[C@@H]1/C=C\C(=O)[C@@H](O)[C@@H](O)C/C=C/c2c(c(O)cc3c2ncn3C)C(=O)O[C@H]1C. The van der Waals surface area contributed by atoms with E-state index >= 15 is 0 Å². The van der Waals surface area contributed by atoms with E-state index in [4.69, 9.17) is 4.74 Å². The van der Waals surface area contributed by atoms with Gasteiger partial charge in [-0.3, -0.25) is 4.79 Å². The average Bonchev–Trinajstić information content (AvgIpc) is 3.04. The highest BCUT2D eigenvalue weighted by atomic mass is 16.5. The predicted molar refractivity (Wildman–Crippen MR) is 106 cm³/mol. The molecule has 0 unspecified atom stereocenters. The first-order chi connectivity index (χ1) is 13.7.